The Bertz CT molecular complexity index is 1040. The minimum absolute atomic E-state index is 0.0784. The standard InChI is InChI=1S/C22H23N3O6S/c1-29-17-9-8-13(12-18(17)30-2)19(23)24-31-22(28)16(10-11-32-3)25-20(26)14-6-4-5-7-15(14)21(25)27/h4-9,12,16H,10-11H2,1-3H3,(H2,23,24)/t16-/m1/s1. The number of ether oxygens (including phenoxy) is 2. The summed E-state index contributed by atoms with van der Waals surface area (Å²) >= 11 is 1.48. The molecule has 0 bridgehead atoms. The van der Waals surface area contributed by atoms with E-state index in [1.54, 1.807) is 42.5 Å². The van der Waals surface area contributed by atoms with Crippen molar-refractivity contribution in [3.63, 3.8) is 0 Å². The van der Waals surface area contributed by atoms with Crippen LogP contribution in [0.25, 0.3) is 0 Å². The Hall–Kier alpha value is -3.53. The molecule has 1 aliphatic heterocycles. The van der Waals surface area contributed by atoms with Crippen LogP contribution in [0.4, 0.5) is 0 Å². The Kier molecular flexibility index (Phi) is 7.37. The van der Waals surface area contributed by atoms with Crippen molar-refractivity contribution in [2.45, 2.75) is 12.5 Å². The number of amidine groups is 1. The van der Waals surface area contributed by atoms with Gasteiger partial charge in [0.2, 0.25) is 0 Å². The predicted molar refractivity (Wildman–Crippen MR) is 120 cm³/mol. The summed E-state index contributed by atoms with van der Waals surface area (Å²) < 4.78 is 10.4. The van der Waals surface area contributed by atoms with Gasteiger partial charge in [-0.15, -0.1) is 0 Å². The second-order valence-corrected chi connectivity index (χ2v) is 7.77. The van der Waals surface area contributed by atoms with Gasteiger partial charge in [0.15, 0.2) is 17.3 Å². The zero-order chi connectivity index (χ0) is 23.3. The minimum Gasteiger partial charge on any atom is -0.493 e. The van der Waals surface area contributed by atoms with Gasteiger partial charge in [-0.1, -0.05) is 17.3 Å². The molecule has 0 radical (unpaired) electrons. The molecule has 2 aromatic rings. The quantitative estimate of drug-likeness (QED) is 0.200. The van der Waals surface area contributed by atoms with E-state index in [1.165, 1.54) is 26.0 Å². The highest BCUT2D eigenvalue weighted by atomic mass is 32.2. The number of hydrogen-bond donors (Lipinski definition) is 1. The summed E-state index contributed by atoms with van der Waals surface area (Å²) in [4.78, 5) is 44.5. The van der Waals surface area contributed by atoms with Crippen molar-refractivity contribution in [1.82, 2.24) is 4.90 Å². The Labute approximate surface area is 189 Å². The molecule has 1 aliphatic rings. The summed E-state index contributed by atoms with van der Waals surface area (Å²) in [5.41, 5.74) is 6.92. The summed E-state index contributed by atoms with van der Waals surface area (Å²) in [6.07, 6.45) is 2.08. The van der Waals surface area contributed by atoms with Crippen LogP contribution in [-0.2, 0) is 9.63 Å². The van der Waals surface area contributed by atoms with Crippen molar-refractivity contribution in [3.05, 3.63) is 59.2 Å². The number of carbonyl (C=O) groups excluding carboxylic acids is 3. The van der Waals surface area contributed by atoms with Crippen molar-refractivity contribution < 1.29 is 28.7 Å². The first-order valence-corrected chi connectivity index (χ1v) is 11.0. The van der Waals surface area contributed by atoms with E-state index in [-0.39, 0.29) is 23.4 Å². The Morgan fingerprint density at radius 1 is 1.06 bits per heavy atom. The molecule has 0 unspecified atom stereocenters. The molecule has 3 rings (SSSR count). The lowest BCUT2D eigenvalue weighted by atomic mass is 10.1. The average molecular weight is 458 g/mol. The number of amides is 2. The van der Waals surface area contributed by atoms with E-state index in [0.29, 0.717) is 22.8 Å². The summed E-state index contributed by atoms with van der Waals surface area (Å²) in [5, 5.41) is 3.72. The highest BCUT2D eigenvalue weighted by Gasteiger charge is 2.43. The third kappa shape index (κ3) is 4.54. The lowest BCUT2D eigenvalue weighted by Gasteiger charge is -2.23. The molecular weight excluding hydrogens is 434 g/mol. The number of nitrogens with zero attached hydrogens (tertiary/aromatic N) is 2. The molecule has 2 N–H and O–H groups in total. The van der Waals surface area contributed by atoms with Crippen LogP contribution in [0.1, 0.15) is 32.7 Å². The summed E-state index contributed by atoms with van der Waals surface area (Å²) in [6.45, 7) is 0. The van der Waals surface area contributed by atoms with Gasteiger partial charge in [0.25, 0.3) is 11.8 Å². The molecule has 1 heterocycles. The first kappa shape index (κ1) is 23.1. The number of thioether (sulfide) groups is 1. The first-order valence-electron chi connectivity index (χ1n) is 9.65. The summed E-state index contributed by atoms with van der Waals surface area (Å²) in [7, 11) is 2.98. The summed E-state index contributed by atoms with van der Waals surface area (Å²) in [5.74, 6) is -0.539. The van der Waals surface area contributed by atoms with Crippen LogP contribution in [0, 0.1) is 0 Å². The van der Waals surface area contributed by atoms with Gasteiger partial charge in [0, 0.05) is 5.56 Å². The highest BCUT2D eigenvalue weighted by Crippen LogP contribution is 2.28. The Balaban J connectivity index is 1.81. The highest BCUT2D eigenvalue weighted by molar-refractivity contribution is 7.98. The smallest absolute Gasteiger partial charge is 0.357 e. The van der Waals surface area contributed by atoms with Gasteiger partial charge in [0.1, 0.15) is 6.04 Å². The van der Waals surface area contributed by atoms with Gasteiger partial charge in [0.05, 0.1) is 25.3 Å². The molecule has 0 aliphatic carbocycles. The van der Waals surface area contributed by atoms with Gasteiger partial charge in [-0.2, -0.15) is 11.8 Å². The van der Waals surface area contributed by atoms with Crippen LogP contribution in [-0.4, -0.2) is 60.8 Å². The van der Waals surface area contributed by atoms with Crippen molar-refractivity contribution >= 4 is 35.4 Å². The number of oxime groups is 1. The normalized spacial score (nSPS) is 14.2. The van der Waals surface area contributed by atoms with E-state index in [1.807, 2.05) is 6.26 Å². The molecule has 0 spiro atoms. The average Bonchev–Trinajstić information content (AvgIpc) is 3.07. The minimum atomic E-state index is -1.13. The molecular formula is C22H23N3O6S. The molecule has 0 fully saturated rings. The molecule has 2 aromatic carbocycles. The number of methoxy groups -OCH3 is 2. The second kappa shape index (κ2) is 10.2. The lowest BCUT2D eigenvalue weighted by Crippen LogP contribution is -2.45. The molecule has 32 heavy (non-hydrogen) atoms. The van der Waals surface area contributed by atoms with Crippen LogP contribution < -0.4 is 15.2 Å². The number of carbonyl (C=O) groups is 3. The number of benzene rings is 2. The zero-order valence-electron chi connectivity index (χ0n) is 17.9. The second-order valence-electron chi connectivity index (χ2n) is 6.78. The molecule has 0 aromatic heterocycles. The third-order valence-electron chi connectivity index (χ3n) is 4.92. The predicted octanol–water partition coefficient (Wildman–Crippen LogP) is 2.29. The number of rotatable bonds is 9. The Morgan fingerprint density at radius 2 is 1.69 bits per heavy atom. The maximum absolute atomic E-state index is 12.9. The molecule has 0 saturated heterocycles. The third-order valence-corrected chi connectivity index (χ3v) is 5.56. The van der Waals surface area contributed by atoms with Crippen molar-refractivity contribution in [2.24, 2.45) is 10.9 Å². The monoisotopic (exact) mass is 457 g/mol. The Morgan fingerprint density at radius 3 is 2.25 bits per heavy atom. The van der Waals surface area contributed by atoms with E-state index in [9.17, 15) is 14.4 Å². The number of nitrogens with two attached hydrogens (primary N) is 1. The number of hydrogen-bond acceptors (Lipinski definition) is 8. The van der Waals surface area contributed by atoms with Crippen LogP contribution in [0.5, 0.6) is 11.5 Å². The topological polar surface area (TPSA) is 121 Å². The maximum atomic E-state index is 12.9. The fourth-order valence-corrected chi connectivity index (χ4v) is 3.74. The van der Waals surface area contributed by atoms with Crippen molar-refractivity contribution in [3.8, 4) is 11.5 Å². The molecule has 1 atom stereocenters. The van der Waals surface area contributed by atoms with Crippen molar-refractivity contribution in [1.29, 1.82) is 0 Å². The van der Waals surface area contributed by atoms with Gasteiger partial charge < -0.3 is 20.0 Å². The largest absolute Gasteiger partial charge is 0.493 e. The van der Waals surface area contributed by atoms with Gasteiger partial charge in [-0.25, -0.2) is 4.79 Å². The van der Waals surface area contributed by atoms with E-state index in [4.69, 9.17) is 20.0 Å². The van der Waals surface area contributed by atoms with Gasteiger partial charge in [-0.05, 0) is 48.8 Å². The number of imide groups is 1. The van der Waals surface area contributed by atoms with Gasteiger partial charge >= 0.3 is 5.97 Å². The van der Waals surface area contributed by atoms with E-state index < -0.39 is 23.8 Å². The van der Waals surface area contributed by atoms with E-state index in [0.717, 1.165) is 4.90 Å². The van der Waals surface area contributed by atoms with Crippen LogP contribution in [0.15, 0.2) is 47.6 Å². The lowest BCUT2D eigenvalue weighted by molar-refractivity contribution is -0.148. The molecule has 9 nitrogen and oxygen atoms in total. The SMILES string of the molecule is COc1ccc(/C(N)=N\OC(=O)[C@@H](CCSC)N2C(=O)c3ccccc3C2=O)cc1OC. The summed E-state index contributed by atoms with van der Waals surface area (Å²) in [6, 6.07) is 10.2. The van der Waals surface area contributed by atoms with Crippen LogP contribution in [0.3, 0.4) is 0 Å². The van der Waals surface area contributed by atoms with Gasteiger partial charge in [-0.3, -0.25) is 14.5 Å². The van der Waals surface area contributed by atoms with Crippen molar-refractivity contribution in [2.75, 3.05) is 26.2 Å². The molecule has 0 saturated carbocycles. The molecule has 2 amide bonds. The molecule has 168 valence electrons. The van der Waals surface area contributed by atoms with E-state index in [2.05, 4.69) is 5.16 Å². The first-order chi connectivity index (χ1) is 15.4. The number of fused-ring (bicyclic) bond motifs is 1. The fourth-order valence-electron chi connectivity index (χ4n) is 3.28. The van der Waals surface area contributed by atoms with Crippen LogP contribution >= 0.6 is 11.8 Å². The van der Waals surface area contributed by atoms with E-state index >= 15 is 0 Å². The zero-order valence-corrected chi connectivity index (χ0v) is 18.7. The maximum Gasteiger partial charge on any atom is 0.357 e. The van der Waals surface area contributed by atoms with Crippen LogP contribution in [0.2, 0.25) is 0 Å². The fraction of sp³-hybridized carbons (Fsp3) is 0.273. The molecule has 10 heteroatoms.